The van der Waals surface area contributed by atoms with Gasteiger partial charge in [0.1, 0.15) is 5.69 Å². The molecule has 0 N–H and O–H groups in total. The maximum Gasteiger partial charge on any atom is 0.211 e. The Morgan fingerprint density at radius 2 is 1.48 bits per heavy atom. The maximum atomic E-state index is 12.4. The third-order valence-electron chi connectivity index (χ3n) is 3.34. The van der Waals surface area contributed by atoms with Gasteiger partial charge in [0.25, 0.3) is 0 Å². The molecule has 0 atom stereocenters. The van der Waals surface area contributed by atoms with Crippen LogP contribution in [0.15, 0.2) is 79.0 Å². The van der Waals surface area contributed by atoms with Crippen LogP contribution >= 0.6 is 0 Å². The van der Waals surface area contributed by atoms with Gasteiger partial charge in [-0.15, -0.1) is 0 Å². The molecule has 2 heteroatoms. The maximum absolute atomic E-state index is 12.4. The highest BCUT2D eigenvalue weighted by molar-refractivity contribution is 6.07. The Bertz CT molecular complexity index is 736. The van der Waals surface area contributed by atoms with E-state index < -0.39 is 0 Å². The molecule has 21 heavy (non-hydrogen) atoms. The predicted molar refractivity (Wildman–Crippen MR) is 83.4 cm³/mol. The third-order valence-corrected chi connectivity index (χ3v) is 3.34. The molecule has 1 aromatic heterocycles. The van der Waals surface area contributed by atoms with E-state index in [2.05, 4.69) is 17.1 Å². The molecule has 3 rings (SSSR count). The second kappa shape index (κ2) is 6.14. The van der Waals surface area contributed by atoms with Gasteiger partial charge in [-0.25, -0.2) is 0 Å². The van der Waals surface area contributed by atoms with Crippen LogP contribution in [0.25, 0.3) is 0 Å². The van der Waals surface area contributed by atoms with Crippen LogP contribution in [0, 0.1) is 0 Å². The van der Waals surface area contributed by atoms with Crippen molar-refractivity contribution in [3.05, 3.63) is 101 Å². The Balaban J connectivity index is 1.85. The van der Waals surface area contributed by atoms with Crippen molar-refractivity contribution in [2.45, 2.75) is 6.42 Å². The number of nitrogens with zero attached hydrogens (tertiary/aromatic N) is 1. The van der Waals surface area contributed by atoms with Crippen LogP contribution in [0.5, 0.6) is 0 Å². The van der Waals surface area contributed by atoms with Crippen molar-refractivity contribution in [3.63, 3.8) is 0 Å². The van der Waals surface area contributed by atoms with E-state index in [4.69, 9.17) is 0 Å². The second-order valence-corrected chi connectivity index (χ2v) is 4.91. The largest absolute Gasteiger partial charge is 0.287 e. The molecule has 0 spiro atoms. The number of ketones is 1. The van der Waals surface area contributed by atoms with Crippen LogP contribution in [0.3, 0.4) is 0 Å². The molecule has 0 radical (unpaired) electrons. The normalized spacial score (nSPS) is 10.3. The Labute approximate surface area is 124 Å². The third kappa shape index (κ3) is 3.23. The molecule has 0 aliphatic rings. The van der Waals surface area contributed by atoms with Crippen LogP contribution in [-0.4, -0.2) is 10.8 Å². The van der Waals surface area contributed by atoms with Gasteiger partial charge < -0.3 is 0 Å². The molecule has 1 heterocycles. The Hall–Kier alpha value is -2.74. The van der Waals surface area contributed by atoms with E-state index in [1.807, 2.05) is 60.7 Å². The second-order valence-electron chi connectivity index (χ2n) is 4.91. The van der Waals surface area contributed by atoms with Crippen molar-refractivity contribution in [2.24, 2.45) is 0 Å². The highest BCUT2D eigenvalue weighted by atomic mass is 16.1. The van der Waals surface area contributed by atoms with Crippen molar-refractivity contribution < 1.29 is 4.79 Å². The van der Waals surface area contributed by atoms with Gasteiger partial charge in [-0.2, -0.15) is 0 Å². The summed E-state index contributed by atoms with van der Waals surface area (Å²) in [5.41, 5.74) is 3.48. The minimum absolute atomic E-state index is 0.0366. The first-order valence-electron chi connectivity index (χ1n) is 6.91. The average Bonchev–Trinajstić information content (AvgIpc) is 2.56. The van der Waals surface area contributed by atoms with Crippen molar-refractivity contribution >= 4 is 5.78 Å². The fourth-order valence-corrected chi connectivity index (χ4v) is 2.28. The fourth-order valence-electron chi connectivity index (χ4n) is 2.28. The van der Waals surface area contributed by atoms with Crippen LogP contribution in [0.1, 0.15) is 27.2 Å². The van der Waals surface area contributed by atoms with Crippen molar-refractivity contribution in [1.29, 1.82) is 0 Å². The van der Waals surface area contributed by atoms with Gasteiger partial charge in [0.15, 0.2) is 0 Å². The summed E-state index contributed by atoms with van der Waals surface area (Å²) in [6, 6.07) is 23.3. The monoisotopic (exact) mass is 273 g/mol. The summed E-state index contributed by atoms with van der Waals surface area (Å²) in [5.74, 6) is -0.0366. The van der Waals surface area contributed by atoms with Crippen LogP contribution < -0.4 is 0 Å². The lowest BCUT2D eigenvalue weighted by Crippen LogP contribution is -2.04. The van der Waals surface area contributed by atoms with E-state index in [0.29, 0.717) is 11.3 Å². The standard InChI is InChI=1S/C19H15NO/c21-19(17-9-5-2-6-10-17)18-14-16(11-12-20-18)13-15-7-3-1-4-8-15/h1-12,14H,13H2. The number of aromatic nitrogens is 1. The summed E-state index contributed by atoms with van der Waals surface area (Å²) in [7, 11) is 0. The molecule has 0 bridgehead atoms. The number of pyridine rings is 1. The van der Waals surface area contributed by atoms with Crippen molar-refractivity contribution in [1.82, 2.24) is 4.98 Å². The molecular formula is C19H15NO. The molecule has 3 aromatic rings. The first-order valence-corrected chi connectivity index (χ1v) is 6.91. The summed E-state index contributed by atoms with van der Waals surface area (Å²) in [6.45, 7) is 0. The molecule has 0 amide bonds. The van der Waals surface area contributed by atoms with Crippen molar-refractivity contribution in [3.8, 4) is 0 Å². The number of carbonyl (C=O) groups excluding carboxylic acids is 1. The molecular weight excluding hydrogens is 258 g/mol. The van der Waals surface area contributed by atoms with Crippen LogP contribution in [0.2, 0.25) is 0 Å². The van der Waals surface area contributed by atoms with E-state index in [9.17, 15) is 4.79 Å². The van der Waals surface area contributed by atoms with E-state index in [-0.39, 0.29) is 5.78 Å². The Morgan fingerprint density at radius 1 is 0.810 bits per heavy atom. The molecule has 0 saturated heterocycles. The molecule has 2 nitrogen and oxygen atoms in total. The van der Waals surface area contributed by atoms with Gasteiger partial charge in [-0.05, 0) is 29.7 Å². The molecule has 102 valence electrons. The van der Waals surface area contributed by atoms with Gasteiger partial charge in [-0.3, -0.25) is 9.78 Å². The number of carbonyl (C=O) groups is 1. The number of hydrogen-bond donors (Lipinski definition) is 0. The van der Waals surface area contributed by atoms with E-state index in [0.717, 1.165) is 12.0 Å². The molecule has 2 aromatic carbocycles. The van der Waals surface area contributed by atoms with Gasteiger partial charge in [0.05, 0.1) is 0 Å². The minimum Gasteiger partial charge on any atom is -0.287 e. The number of benzene rings is 2. The van der Waals surface area contributed by atoms with E-state index in [1.54, 1.807) is 6.20 Å². The highest BCUT2D eigenvalue weighted by Gasteiger charge is 2.10. The van der Waals surface area contributed by atoms with E-state index >= 15 is 0 Å². The zero-order chi connectivity index (χ0) is 14.5. The van der Waals surface area contributed by atoms with E-state index in [1.165, 1.54) is 5.56 Å². The Morgan fingerprint density at radius 3 is 2.19 bits per heavy atom. The lowest BCUT2D eigenvalue weighted by atomic mass is 10.0. The molecule has 0 aliphatic carbocycles. The number of hydrogen-bond acceptors (Lipinski definition) is 2. The quantitative estimate of drug-likeness (QED) is 0.675. The van der Waals surface area contributed by atoms with Gasteiger partial charge in [0.2, 0.25) is 5.78 Å². The lowest BCUT2D eigenvalue weighted by Gasteiger charge is -2.04. The molecule has 0 fully saturated rings. The lowest BCUT2D eigenvalue weighted by molar-refractivity contribution is 0.103. The zero-order valence-electron chi connectivity index (χ0n) is 11.6. The highest BCUT2D eigenvalue weighted by Crippen LogP contribution is 2.12. The fraction of sp³-hybridized carbons (Fsp3) is 0.0526. The smallest absolute Gasteiger partial charge is 0.211 e. The van der Waals surface area contributed by atoms with Gasteiger partial charge in [-0.1, -0.05) is 60.7 Å². The summed E-state index contributed by atoms with van der Waals surface area (Å²) < 4.78 is 0. The minimum atomic E-state index is -0.0366. The molecule has 0 saturated carbocycles. The predicted octanol–water partition coefficient (Wildman–Crippen LogP) is 3.90. The van der Waals surface area contributed by atoms with Crippen molar-refractivity contribution in [2.75, 3.05) is 0 Å². The summed E-state index contributed by atoms with van der Waals surface area (Å²) in [4.78, 5) is 16.6. The Kier molecular flexibility index (Phi) is 3.88. The SMILES string of the molecule is O=C(c1ccccc1)c1cc(Cc2ccccc2)ccn1. The zero-order valence-corrected chi connectivity index (χ0v) is 11.6. The summed E-state index contributed by atoms with van der Waals surface area (Å²) in [6.07, 6.45) is 2.51. The van der Waals surface area contributed by atoms with Gasteiger partial charge in [0, 0.05) is 11.8 Å². The summed E-state index contributed by atoms with van der Waals surface area (Å²) >= 11 is 0. The molecule has 0 aliphatic heterocycles. The summed E-state index contributed by atoms with van der Waals surface area (Å²) in [5, 5.41) is 0. The first-order chi connectivity index (χ1) is 10.3. The first kappa shape index (κ1) is 13.3. The number of rotatable bonds is 4. The van der Waals surface area contributed by atoms with Crippen LogP contribution in [-0.2, 0) is 6.42 Å². The van der Waals surface area contributed by atoms with Crippen LogP contribution in [0.4, 0.5) is 0 Å². The average molecular weight is 273 g/mol. The topological polar surface area (TPSA) is 30.0 Å². The molecule has 0 unspecified atom stereocenters. The van der Waals surface area contributed by atoms with Gasteiger partial charge >= 0.3 is 0 Å².